The molecule has 2 fully saturated rings. The molecule has 0 radical (unpaired) electrons. The molecule has 1 aromatic carbocycles. The normalized spacial score (nSPS) is 28.8. The van der Waals surface area contributed by atoms with E-state index < -0.39 is 0 Å². The van der Waals surface area contributed by atoms with Gasteiger partial charge < -0.3 is 5.32 Å². The Hall–Kier alpha value is -0.860. The fourth-order valence-corrected chi connectivity index (χ4v) is 3.41. The zero-order chi connectivity index (χ0) is 13.2. The van der Waals surface area contributed by atoms with Gasteiger partial charge in [0.15, 0.2) is 0 Å². The van der Waals surface area contributed by atoms with Crippen LogP contribution < -0.4 is 5.32 Å². The van der Waals surface area contributed by atoms with E-state index in [1.165, 1.54) is 31.5 Å². The van der Waals surface area contributed by atoms with Crippen molar-refractivity contribution in [1.82, 2.24) is 10.2 Å². The van der Waals surface area contributed by atoms with Crippen LogP contribution in [0.2, 0.25) is 0 Å². The molecule has 2 aliphatic rings. The summed E-state index contributed by atoms with van der Waals surface area (Å²) in [6, 6.07) is 12.9. The second-order valence-electron chi connectivity index (χ2n) is 6.49. The predicted octanol–water partition coefficient (Wildman–Crippen LogP) is 2.69. The predicted molar refractivity (Wildman–Crippen MR) is 80.3 cm³/mol. The Labute approximate surface area is 117 Å². The van der Waals surface area contributed by atoms with Crippen molar-refractivity contribution < 1.29 is 0 Å². The topological polar surface area (TPSA) is 15.3 Å². The van der Waals surface area contributed by atoms with Crippen molar-refractivity contribution in [1.29, 1.82) is 0 Å². The Kier molecular flexibility index (Phi) is 3.90. The van der Waals surface area contributed by atoms with Crippen LogP contribution in [0.5, 0.6) is 0 Å². The fraction of sp³-hybridized carbons (Fsp3) is 0.647. The number of nitrogens with one attached hydrogen (secondary N) is 1. The number of hydrogen-bond acceptors (Lipinski definition) is 2. The Balaban J connectivity index is 1.62. The molecular formula is C17H26N2. The summed E-state index contributed by atoms with van der Waals surface area (Å²) >= 11 is 0. The van der Waals surface area contributed by atoms with Crippen molar-refractivity contribution in [3.63, 3.8) is 0 Å². The molecule has 3 rings (SSSR count). The smallest absolute Gasteiger partial charge is 0.0252 e. The van der Waals surface area contributed by atoms with Crippen LogP contribution >= 0.6 is 0 Å². The average Bonchev–Trinajstić information content (AvgIpc) is 3.24. The lowest BCUT2D eigenvalue weighted by atomic mass is 9.98. The van der Waals surface area contributed by atoms with E-state index in [0.717, 1.165) is 18.4 Å². The molecule has 0 aromatic heterocycles. The molecule has 1 N–H and O–H groups in total. The highest BCUT2D eigenvalue weighted by molar-refractivity contribution is 5.16. The highest BCUT2D eigenvalue weighted by Crippen LogP contribution is 2.37. The molecule has 0 amide bonds. The number of benzene rings is 1. The van der Waals surface area contributed by atoms with Crippen LogP contribution in [0.3, 0.4) is 0 Å². The van der Waals surface area contributed by atoms with E-state index in [-0.39, 0.29) is 0 Å². The molecule has 1 aromatic rings. The van der Waals surface area contributed by atoms with E-state index in [9.17, 15) is 0 Å². The molecule has 19 heavy (non-hydrogen) atoms. The third-order valence-corrected chi connectivity index (χ3v) is 4.63. The van der Waals surface area contributed by atoms with E-state index in [1.54, 1.807) is 0 Å². The number of hydrogen-bond donors (Lipinski definition) is 1. The minimum absolute atomic E-state index is 0.611. The van der Waals surface area contributed by atoms with Crippen molar-refractivity contribution in [3.8, 4) is 0 Å². The molecule has 2 atom stereocenters. The first-order chi connectivity index (χ1) is 9.24. The monoisotopic (exact) mass is 258 g/mol. The molecule has 1 aliphatic carbocycles. The number of piperazine rings is 1. The van der Waals surface area contributed by atoms with Gasteiger partial charge in [0.1, 0.15) is 0 Å². The van der Waals surface area contributed by atoms with Gasteiger partial charge in [0.05, 0.1) is 0 Å². The molecular weight excluding hydrogens is 232 g/mol. The SMILES string of the molecule is CC(C)N1CC(Cc2ccccc2)NCC1C1CC1. The molecule has 0 spiro atoms. The van der Waals surface area contributed by atoms with Gasteiger partial charge in [-0.1, -0.05) is 30.3 Å². The van der Waals surface area contributed by atoms with Gasteiger partial charge in [-0.3, -0.25) is 4.90 Å². The van der Waals surface area contributed by atoms with E-state index in [4.69, 9.17) is 0 Å². The summed E-state index contributed by atoms with van der Waals surface area (Å²) in [6.07, 6.45) is 4.04. The largest absolute Gasteiger partial charge is 0.311 e. The van der Waals surface area contributed by atoms with E-state index >= 15 is 0 Å². The lowest BCUT2D eigenvalue weighted by Gasteiger charge is -2.43. The lowest BCUT2D eigenvalue weighted by molar-refractivity contribution is 0.0834. The fourth-order valence-electron chi connectivity index (χ4n) is 3.41. The molecule has 0 bridgehead atoms. The average molecular weight is 258 g/mol. The summed E-state index contributed by atoms with van der Waals surface area (Å²) in [5, 5.41) is 3.78. The molecule has 2 heteroatoms. The summed E-state index contributed by atoms with van der Waals surface area (Å²) in [5.74, 6) is 0.965. The van der Waals surface area contributed by atoms with Gasteiger partial charge in [-0.15, -0.1) is 0 Å². The minimum Gasteiger partial charge on any atom is -0.311 e. The molecule has 1 aliphatic heterocycles. The Bertz CT molecular complexity index is 397. The van der Waals surface area contributed by atoms with Gasteiger partial charge in [-0.05, 0) is 44.6 Å². The van der Waals surface area contributed by atoms with E-state index in [0.29, 0.717) is 12.1 Å². The van der Waals surface area contributed by atoms with Crippen LogP contribution in [-0.4, -0.2) is 36.1 Å². The molecule has 2 nitrogen and oxygen atoms in total. The van der Waals surface area contributed by atoms with Crippen LogP contribution in [0, 0.1) is 5.92 Å². The second-order valence-corrected chi connectivity index (χ2v) is 6.49. The quantitative estimate of drug-likeness (QED) is 0.893. The van der Waals surface area contributed by atoms with Crippen LogP contribution in [0.4, 0.5) is 0 Å². The summed E-state index contributed by atoms with van der Waals surface area (Å²) in [4.78, 5) is 2.74. The summed E-state index contributed by atoms with van der Waals surface area (Å²) < 4.78 is 0. The standard InChI is InChI=1S/C17H26N2/c1-13(2)19-12-16(10-14-6-4-3-5-7-14)18-11-17(19)15-8-9-15/h3-7,13,15-18H,8-12H2,1-2H3. The molecule has 1 heterocycles. The van der Waals surface area contributed by atoms with Crippen LogP contribution in [-0.2, 0) is 6.42 Å². The number of nitrogens with zero attached hydrogens (tertiary/aromatic N) is 1. The van der Waals surface area contributed by atoms with Crippen molar-refractivity contribution >= 4 is 0 Å². The van der Waals surface area contributed by atoms with Crippen molar-refractivity contribution in [2.24, 2.45) is 5.92 Å². The maximum atomic E-state index is 3.78. The van der Waals surface area contributed by atoms with Gasteiger partial charge in [-0.25, -0.2) is 0 Å². The lowest BCUT2D eigenvalue weighted by Crippen LogP contribution is -2.59. The first kappa shape index (κ1) is 13.1. The Morgan fingerprint density at radius 3 is 2.58 bits per heavy atom. The number of rotatable bonds is 4. The van der Waals surface area contributed by atoms with Gasteiger partial charge >= 0.3 is 0 Å². The first-order valence-electron chi connectivity index (χ1n) is 7.77. The van der Waals surface area contributed by atoms with E-state index in [2.05, 4.69) is 54.4 Å². The van der Waals surface area contributed by atoms with Crippen LogP contribution in [0.1, 0.15) is 32.3 Å². The third-order valence-electron chi connectivity index (χ3n) is 4.63. The molecule has 1 saturated carbocycles. The third kappa shape index (κ3) is 3.18. The maximum Gasteiger partial charge on any atom is 0.0252 e. The Morgan fingerprint density at radius 1 is 1.21 bits per heavy atom. The Morgan fingerprint density at radius 2 is 1.95 bits per heavy atom. The van der Waals surface area contributed by atoms with Crippen LogP contribution in [0.25, 0.3) is 0 Å². The highest BCUT2D eigenvalue weighted by Gasteiger charge is 2.39. The van der Waals surface area contributed by atoms with Crippen LogP contribution in [0.15, 0.2) is 30.3 Å². The summed E-state index contributed by atoms with van der Waals surface area (Å²) in [6.45, 7) is 7.08. The van der Waals surface area contributed by atoms with E-state index in [1.807, 2.05) is 0 Å². The maximum absolute atomic E-state index is 3.78. The van der Waals surface area contributed by atoms with Gasteiger partial charge in [0.25, 0.3) is 0 Å². The first-order valence-corrected chi connectivity index (χ1v) is 7.77. The van der Waals surface area contributed by atoms with Crippen molar-refractivity contribution in [2.45, 2.75) is 51.2 Å². The summed E-state index contributed by atoms with van der Waals surface area (Å²) in [5.41, 5.74) is 1.45. The zero-order valence-electron chi connectivity index (χ0n) is 12.2. The minimum atomic E-state index is 0.611. The molecule has 104 valence electrons. The van der Waals surface area contributed by atoms with Gasteiger partial charge in [-0.2, -0.15) is 0 Å². The van der Waals surface area contributed by atoms with Crippen molar-refractivity contribution in [3.05, 3.63) is 35.9 Å². The zero-order valence-corrected chi connectivity index (χ0v) is 12.2. The molecule has 2 unspecified atom stereocenters. The van der Waals surface area contributed by atoms with Gasteiger partial charge in [0, 0.05) is 31.2 Å². The second kappa shape index (κ2) is 5.64. The summed E-state index contributed by atoms with van der Waals surface area (Å²) in [7, 11) is 0. The highest BCUT2D eigenvalue weighted by atomic mass is 15.3. The molecule has 1 saturated heterocycles. The van der Waals surface area contributed by atoms with Crippen molar-refractivity contribution in [2.75, 3.05) is 13.1 Å². The van der Waals surface area contributed by atoms with Gasteiger partial charge in [0.2, 0.25) is 0 Å².